The van der Waals surface area contributed by atoms with Gasteiger partial charge in [0, 0.05) is 0 Å². The summed E-state index contributed by atoms with van der Waals surface area (Å²) in [6.07, 6.45) is 4.31. The topological polar surface area (TPSA) is 48.1 Å². The zero-order valence-electron chi connectivity index (χ0n) is 15.2. The molecule has 4 N–H and O–H groups in total. The molecular weight excluding hydrogens is 284 g/mol. The maximum Gasteiger partial charge on any atom is -0.00172 e. The van der Waals surface area contributed by atoms with Gasteiger partial charge in [0.2, 0.25) is 0 Å². The molecular formula is C19H38N4. The van der Waals surface area contributed by atoms with Crippen molar-refractivity contribution in [2.24, 2.45) is 35.5 Å². The van der Waals surface area contributed by atoms with E-state index in [0.29, 0.717) is 0 Å². The Morgan fingerprint density at radius 2 is 0.739 bits per heavy atom. The monoisotopic (exact) mass is 322 g/mol. The van der Waals surface area contributed by atoms with E-state index in [2.05, 4.69) is 35.1 Å². The molecule has 0 heterocycles. The molecule has 0 unspecified atom stereocenters. The summed E-state index contributed by atoms with van der Waals surface area (Å²) in [5.41, 5.74) is 0. The van der Waals surface area contributed by atoms with E-state index in [1.807, 2.05) is 0 Å². The summed E-state index contributed by atoms with van der Waals surface area (Å²) in [7, 11) is 0. The SMILES string of the molecule is CCNC[C@@H]1C[C@H]1CNC[C@H]1C[C@@H]1CNC[C@H]1C[C@@H]1CNCC. The lowest BCUT2D eigenvalue weighted by molar-refractivity contribution is 0.516. The minimum absolute atomic E-state index is 0.949. The lowest BCUT2D eigenvalue weighted by Crippen LogP contribution is -2.25. The number of nitrogens with one attached hydrogen (secondary N) is 4. The lowest BCUT2D eigenvalue weighted by atomic mass is 10.2. The molecule has 0 aromatic heterocycles. The van der Waals surface area contributed by atoms with Crippen molar-refractivity contribution >= 4 is 0 Å². The Bertz CT molecular complexity index is 316. The highest BCUT2D eigenvalue weighted by molar-refractivity contribution is 4.94. The van der Waals surface area contributed by atoms with Crippen LogP contribution in [0.15, 0.2) is 0 Å². The molecule has 3 saturated carbocycles. The first-order chi connectivity index (χ1) is 11.3. The third-order valence-corrected chi connectivity index (χ3v) is 6.15. The highest BCUT2D eigenvalue weighted by Crippen LogP contribution is 2.40. The van der Waals surface area contributed by atoms with Gasteiger partial charge in [-0.3, -0.25) is 0 Å². The van der Waals surface area contributed by atoms with Crippen LogP contribution in [0.4, 0.5) is 0 Å². The van der Waals surface area contributed by atoms with Gasteiger partial charge in [-0.05, 0) is 107 Å². The van der Waals surface area contributed by atoms with Crippen LogP contribution in [-0.4, -0.2) is 52.4 Å². The van der Waals surface area contributed by atoms with Gasteiger partial charge in [-0.25, -0.2) is 0 Å². The fraction of sp³-hybridized carbons (Fsp3) is 1.00. The number of hydrogen-bond acceptors (Lipinski definition) is 4. The predicted octanol–water partition coefficient (Wildman–Crippen LogP) is 1.29. The zero-order chi connectivity index (χ0) is 16.1. The van der Waals surface area contributed by atoms with Crippen LogP contribution >= 0.6 is 0 Å². The number of rotatable bonds is 14. The summed E-state index contributed by atoms with van der Waals surface area (Å²) in [5, 5.41) is 14.4. The molecule has 4 nitrogen and oxygen atoms in total. The zero-order valence-corrected chi connectivity index (χ0v) is 15.2. The molecule has 4 heteroatoms. The van der Waals surface area contributed by atoms with E-state index >= 15 is 0 Å². The summed E-state index contributed by atoms with van der Waals surface area (Å²) in [6.45, 7) is 14.1. The molecule has 0 aromatic rings. The second kappa shape index (κ2) is 8.80. The standard InChI is InChI=1S/C19H38N4/c1-3-20-8-14-5-16(14)10-22-12-18-7-19(18)13-23-11-17-6-15(17)9-21-4-2/h14-23H,3-13H2,1-2H3/t14-,15+,16-,17+,18-,19-/m1/s1. The van der Waals surface area contributed by atoms with E-state index in [4.69, 9.17) is 0 Å². The lowest BCUT2D eigenvalue weighted by Gasteiger charge is -2.06. The van der Waals surface area contributed by atoms with E-state index in [1.165, 1.54) is 58.5 Å². The molecule has 3 fully saturated rings. The van der Waals surface area contributed by atoms with Crippen molar-refractivity contribution in [2.45, 2.75) is 33.1 Å². The van der Waals surface area contributed by atoms with Gasteiger partial charge in [0.25, 0.3) is 0 Å². The van der Waals surface area contributed by atoms with Gasteiger partial charge < -0.3 is 21.3 Å². The minimum Gasteiger partial charge on any atom is -0.317 e. The molecule has 0 saturated heterocycles. The van der Waals surface area contributed by atoms with E-state index in [-0.39, 0.29) is 0 Å². The number of hydrogen-bond donors (Lipinski definition) is 4. The molecule has 0 bridgehead atoms. The average Bonchev–Trinajstić information content (AvgIpc) is 3.43. The van der Waals surface area contributed by atoms with Crippen molar-refractivity contribution in [3.8, 4) is 0 Å². The van der Waals surface area contributed by atoms with E-state index in [9.17, 15) is 0 Å². The Morgan fingerprint density at radius 3 is 1.00 bits per heavy atom. The predicted molar refractivity (Wildman–Crippen MR) is 97.6 cm³/mol. The normalized spacial score (nSPS) is 37.8. The van der Waals surface area contributed by atoms with Crippen LogP contribution in [0.5, 0.6) is 0 Å². The Labute approximate surface area is 142 Å². The molecule has 3 rings (SSSR count). The van der Waals surface area contributed by atoms with Gasteiger partial charge in [0.1, 0.15) is 0 Å². The summed E-state index contributed by atoms with van der Waals surface area (Å²) in [4.78, 5) is 0. The fourth-order valence-electron chi connectivity index (χ4n) is 4.00. The van der Waals surface area contributed by atoms with Crippen molar-refractivity contribution < 1.29 is 0 Å². The smallest absolute Gasteiger partial charge is 0.00172 e. The van der Waals surface area contributed by atoms with Gasteiger partial charge in [0.15, 0.2) is 0 Å². The second-order valence-corrected chi connectivity index (χ2v) is 8.20. The average molecular weight is 323 g/mol. The molecule has 0 spiro atoms. The quantitative estimate of drug-likeness (QED) is 0.389. The minimum atomic E-state index is 0.949. The molecule has 0 aromatic carbocycles. The molecule has 3 aliphatic rings. The van der Waals surface area contributed by atoms with E-state index < -0.39 is 0 Å². The summed E-state index contributed by atoms with van der Waals surface area (Å²) in [6, 6.07) is 0. The first kappa shape index (κ1) is 17.7. The van der Waals surface area contributed by atoms with Crippen molar-refractivity contribution in [2.75, 3.05) is 52.4 Å². The van der Waals surface area contributed by atoms with Gasteiger partial charge in [-0.1, -0.05) is 13.8 Å². The highest BCUT2D eigenvalue weighted by atomic mass is 14.9. The van der Waals surface area contributed by atoms with Crippen molar-refractivity contribution in [1.29, 1.82) is 0 Å². The van der Waals surface area contributed by atoms with Crippen molar-refractivity contribution in [1.82, 2.24) is 21.3 Å². The Hall–Kier alpha value is -0.160. The Morgan fingerprint density at radius 1 is 0.478 bits per heavy atom. The molecule has 3 aliphatic carbocycles. The third kappa shape index (κ3) is 6.00. The molecule has 6 atom stereocenters. The Balaban J connectivity index is 1.11. The molecule has 134 valence electrons. The van der Waals surface area contributed by atoms with Gasteiger partial charge in [-0.2, -0.15) is 0 Å². The van der Waals surface area contributed by atoms with E-state index in [0.717, 1.165) is 48.6 Å². The van der Waals surface area contributed by atoms with Crippen LogP contribution in [0.1, 0.15) is 33.1 Å². The van der Waals surface area contributed by atoms with Crippen molar-refractivity contribution in [3.63, 3.8) is 0 Å². The third-order valence-electron chi connectivity index (χ3n) is 6.15. The summed E-state index contributed by atoms with van der Waals surface area (Å²) >= 11 is 0. The maximum atomic E-state index is 3.72. The highest BCUT2D eigenvalue weighted by Gasteiger charge is 2.40. The van der Waals surface area contributed by atoms with Crippen LogP contribution in [0.2, 0.25) is 0 Å². The van der Waals surface area contributed by atoms with Gasteiger partial charge >= 0.3 is 0 Å². The molecule has 0 radical (unpaired) electrons. The molecule has 23 heavy (non-hydrogen) atoms. The van der Waals surface area contributed by atoms with Crippen LogP contribution in [-0.2, 0) is 0 Å². The Kier molecular flexibility index (Phi) is 6.75. The molecule has 0 aliphatic heterocycles. The molecule has 0 amide bonds. The van der Waals surface area contributed by atoms with Crippen molar-refractivity contribution in [3.05, 3.63) is 0 Å². The van der Waals surface area contributed by atoms with Crippen LogP contribution in [0.25, 0.3) is 0 Å². The van der Waals surface area contributed by atoms with Gasteiger partial charge in [-0.15, -0.1) is 0 Å². The van der Waals surface area contributed by atoms with Crippen LogP contribution < -0.4 is 21.3 Å². The first-order valence-electron chi connectivity index (χ1n) is 10.1. The largest absolute Gasteiger partial charge is 0.317 e. The second-order valence-electron chi connectivity index (χ2n) is 8.20. The summed E-state index contributed by atoms with van der Waals surface area (Å²) in [5.74, 6) is 5.71. The fourth-order valence-corrected chi connectivity index (χ4v) is 4.00. The van der Waals surface area contributed by atoms with Crippen LogP contribution in [0, 0.1) is 35.5 Å². The van der Waals surface area contributed by atoms with E-state index in [1.54, 1.807) is 0 Å². The van der Waals surface area contributed by atoms with Crippen LogP contribution in [0.3, 0.4) is 0 Å². The van der Waals surface area contributed by atoms with Gasteiger partial charge in [0.05, 0.1) is 0 Å². The maximum absolute atomic E-state index is 3.72. The summed E-state index contributed by atoms with van der Waals surface area (Å²) < 4.78 is 0. The first-order valence-corrected chi connectivity index (χ1v) is 10.1.